The topological polar surface area (TPSA) is 43.8 Å². The van der Waals surface area contributed by atoms with E-state index in [0.29, 0.717) is 0 Å². The summed E-state index contributed by atoms with van der Waals surface area (Å²) in [6.07, 6.45) is 1.58. The molecule has 21 heavy (non-hydrogen) atoms. The van der Waals surface area contributed by atoms with Gasteiger partial charge in [0.05, 0.1) is 16.4 Å². The first-order chi connectivity index (χ1) is 10.1. The molecule has 0 radical (unpaired) electrons. The number of hydrogen-bond acceptors (Lipinski definition) is 4. The quantitative estimate of drug-likeness (QED) is 0.736. The van der Waals surface area contributed by atoms with Crippen molar-refractivity contribution in [3.8, 4) is 0 Å². The van der Waals surface area contributed by atoms with Crippen molar-refractivity contribution in [2.24, 2.45) is 5.73 Å². The molecular formula is C15H18ClN3S2. The fraction of sp³-hybridized carbons (Fsp3) is 0.400. The highest BCUT2D eigenvalue weighted by atomic mass is 35.5. The molecule has 3 heterocycles. The fourth-order valence-corrected chi connectivity index (χ4v) is 4.96. The van der Waals surface area contributed by atoms with Gasteiger partial charge in [-0.2, -0.15) is 5.10 Å². The van der Waals surface area contributed by atoms with Crippen molar-refractivity contribution < 1.29 is 0 Å². The Hall–Kier alpha value is -0.880. The van der Waals surface area contributed by atoms with E-state index in [-0.39, 0.29) is 6.04 Å². The second-order valence-corrected chi connectivity index (χ2v) is 7.43. The van der Waals surface area contributed by atoms with E-state index >= 15 is 0 Å². The Morgan fingerprint density at radius 1 is 1.38 bits per heavy atom. The molecule has 3 rings (SSSR count). The summed E-state index contributed by atoms with van der Waals surface area (Å²) in [6, 6.07) is 4.33. The highest BCUT2D eigenvalue weighted by molar-refractivity contribution is 7.26. The molecule has 3 aromatic heterocycles. The monoisotopic (exact) mass is 339 g/mol. The molecule has 0 aromatic carbocycles. The van der Waals surface area contributed by atoms with Crippen molar-refractivity contribution in [1.29, 1.82) is 0 Å². The molecule has 112 valence electrons. The van der Waals surface area contributed by atoms with Crippen LogP contribution in [0, 0.1) is 0 Å². The van der Waals surface area contributed by atoms with E-state index in [4.69, 9.17) is 17.3 Å². The summed E-state index contributed by atoms with van der Waals surface area (Å²) in [7, 11) is 0. The fourth-order valence-electron chi connectivity index (χ4n) is 2.49. The average Bonchev–Trinajstić information content (AvgIpc) is 3.13. The number of aromatic nitrogens is 2. The van der Waals surface area contributed by atoms with Crippen molar-refractivity contribution >= 4 is 43.7 Å². The third kappa shape index (κ3) is 2.75. The third-order valence-electron chi connectivity index (χ3n) is 3.63. The highest BCUT2D eigenvalue weighted by Gasteiger charge is 2.19. The Morgan fingerprint density at radius 2 is 2.19 bits per heavy atom. The molecule has 1 atom stereocenters. The number of nitrogens with zero attached hydrogens (tertiary/aromatic N) is 2. The molecule has 0 aliphatic carbocycles. The van der Waals surface area contributed by atoms with Crippen LogP contribution in [0.2, 0.25) is 5.02 Å². The number of thiophene rings is 2. The Bertz CT molecular complexity index is 728. The van der Waals surface area contributed by atoms with Gasteiger partial charge >= 0.3 is 0 Å². The van der Waals surface area contributed by atoms with Gasteiger partial charge in [0.25, 0.3) is 0 Å². The Balaban J connectivity index is 1.88. The van der Waals surface area contributed by atoms with Crippen LogP contribution in [0.25, 0.3) is 9.40 Å². The number of fused-ring (bicyclic) bond motifs is 1. The Labute approximate surface area is 137 Å². The Kier molecular flexibility index (Phi) is 4.36. The molecule has 0 amide bonds. The minimum Gasteiger partial charge on any atom is -0.323 e. The highest BCUT2D eigenvalue weighted by Crippen LogP contribution is 2.34. The first kappa shape index (κ1) is 15.0. The number of hydrogen-bond donors (Lipinski definition) is 1. The zero-order valence-corrected chi connectivity index (χ0v) is 14.5. The summed E-state index contributed by atoms with van der Waals surface area (Å²) in [5.41, 5.74) is 8.43. The van der Waals surface area contributed by atoms with Crippen LogP contribution in [-0.4, -0.2) is 9.78 Å². The van der Waals surface area contributed by atoms with Gasteiger partial charge in [0.2, 0.25) is 0 Å². The molecule has 0 spiro atoms. The number of nitrogens with two attached hydrogens (primary N) is 1. The first-order valence-electron chi connectivity index (χ1n) is 7.10. The average molecular weight is 340 g/mol. The first-order valence-corrected chi connectivity index (χ1v) is 9.18. The van der Waals surface area contributed by atoms with Gasteiger partial charge in [0.15, 0.2) is 0 Å². The van der Waals surface area contributed by atoms with Gasteiger partial charge in [-0.25, -0.2) is 0 Å². The number of rotatable bonds is 5. The van der Waals surface area contributed by atoms with Gasteiger partial charge in [-0.15, -0.1) is 22.7 Å². The maximum absolute atomic E-state index is 6.46. The number of halogens is 1. The molecule has 2 N–H and O–H groups in total. The van der Waals surface area contributed by atoms with Gasteiger partial charge in [-0.05, 0) is 30.9 Å². The van der Waals surface area contributed by atoms with Gasteiger partial charge in [0.1, 0.15) is 0 Å². The lowest BCUT2D eigenvalue weighted by atomic mass is 10.1. The van der Waals surface area contributed by atoms with Crippen LogP contribution >= 0.6 is 34.3 Å². The zero-order valence-electron chi connectivity index (χ0n) is 12.1. The van der Waals surface area contributed by atoms with Crippen LogP contribution in [0.4, 0.5) is 0 Å². The lowest BCUT2D eigenvalue weighted by molar-refractivity contribution is 0.588. The van der Waals surface area contributed by atoms with Gasteiger partial charge in [0, 0.05) is 33.3 Å². The van der Waals surface area contributed by atoms with Crippen LogP contribution in [0.15, 0.2) is 17.5 Å². The van der Waals surface area contributed by atoms with Crippen LogP contribution in [0.5, 0.6) is 0 Å². The molecule has 1 unspecified atom stereocenters. The minimum atomic E-state index is -0.0289. The van der Waals surface area contributed by atoms with E-state index in [1.165, 1.54) is 14.3 Å². The molecule has 0 aliphatic rings. The summed E-state index contributed by atoms with van der Waals surface area (Å²) >= 11 is 10.0. The standard InChI is InChI=1S/C15H18ClN3S2/c1-3-10-15(16)11(19(4-2)18-10)7-9(17)13-8-14-12(21-13)5-6-20-14/h5-6,8-9H,3-4,7,17H2,1-2H3. The second-order valence-electron chi connectivity index (χ2n) is 4.99. The lowest BCUT2D eigenvalue weighted by Gasteiger charge is -2.11. The van der Waals surface area contributed by atoms with Gasteiger partial charge < -0.3 is 5.73 Å². The molecule has 0 saturated heterocycles. The predicted molar refractivity (Wildman–Crippen MR) is 92.6 cm³/mol. The molecule has 0 fully saturated rings. The van der Waals surface area contributed by atoms with Crippen LogP contribution in [-0.2, 0) is 19.4 Å². The largest absolute Gasteiger partial charge is 0.323 e. The predicted octanol–water partition coefficient (Wildman–Crippen LogP) is 4.64. The summed E-state index contributed by atoms with van der Waals surface area (Å²) in [5, 5.41) is 7.46. The summed E-state index contributed by atoms with van der Waals surface area (Å²) in [4.78, 5) is 1.22. The smallest absolute Gasteiger partial charge is 0.0850 e. The maximum atomic E-state index is 6.46. The molecular weight excluding hydrogens is 322 g/mol. The van der Waals surface area contributed by atoms with Crippen LogP contribution < -0.4 is 5.73 Å². The minimum absolute atomic E-state index is 0.0289. The molecule has 3 aromatic rings. The van der Waals surface area contributed by atoms with Crippen LogP contribution in [0.3, 0.4) is 0 Å². The molecule has 6 heteroatoms. The second kappa shape index (κ2) is 6.08. The van der Waals surface area contributed by atoms with E-state index in [0.717, 1.165) is 35.8 Å². The van der Waals surface area contributed by atoms with E-state index in [9.17, 15) is 0 Å². The van der Waals surface area contributed by atoms with Crippen molar-refractivity contribution in [2.75, 3.05) is 0 Å². The van der Waals surface area contributed by atoms with Crippen LogP contribution in [0.1, 0.15) is 36.2 Å². The Morgan fingerprint density at radius 3 is 2.86 bits per heavy atom. The molecule has 0 aliphatic heterocycles. The molecule has 0 bridgehead atoms. The van der Waals surface area contributed by atoms with Gasteiger partial charge in [-0.3, -0.25) is 4.68 Å². The molecule has 3 nitrogen and oxygen atoms in total. The normalized spacial score (nSPS) is 13.1. The summed E-state index contributed by atoms with van der Waals surface area (Å²) < 4.78 is 4.61. The zero-order chi connectivity index (χ0) is 15.0. The van der Waals surface area contributed by atoms with Crippen molar-refractivity contribution in [3.63, 3.8) is 0 Å². The lowest BCUT2D eigenvalue weighted by Crippen LogP contribution is -2.15. The summed E-state index contributed by atoms with van der Waals surface area (Å²) in [6.45, 7) is 4.98. The van der Waals surface area contributed by atoms with E-state index in [2.05, 4.69) is 36.5 Å². The van der Waals surface area contributed by atoms with Crippen molar-refractivity contribution in [3.05, 3.63) is 38.8 Å². The van der Waals surface area contributed by atoms with Crippen molar-refractivity contribution in [2.45, 2.75) is 39.3 Å². The van der Waals surface area contributed by atoms with E-state index in [1.807, 2.05) is 4.68 Å². The van der Waals surface area contributed by atoms with E-state index < -0.39 is 0 Å². The SMILES string of the molecule is CCc1nn(CC)c(CC(N)c2cc3sccc3s2)c1Cl. The third-order valence-corrected chi connectivity index (χ3v) is 6.29. The number of aryl methyl sites for hydroxylation is 2. The van der Waals surface area contributed by atoms with Gasteiger partial charge in [-0.1, -0.05) is 18.5 Å². The maximum Gasteiger partial charge on any atom is 0.0850 e. The van der Waals surface area contributed by atoms with Crippen molar-refractivity contribution in [1.82, 2.24) is 9.78 Å². The van der Waals surface area contributed by atoms with E-state index in [1.54, 1.807) is 22.7 Å². The molecule has 0 saturated carbocycles. The summed E-state index contributed by atoms with van der Waals surface area (Å²) in [5.74, 6) is 0.